The van der Waals surface area contributed by atoms with Crippen LogP contribution < -0.4 is 0 Å². The van der Waals surface area contributed by atoms with Crippen molar-refractivity contribution in [1.82, 2.24) is 4.90 Å². The third kappa shape index (κ3) is 4.49. The van der Waals surface area contributed by atoms with Crippen LogP contribution in [0.2, 0.25) is 0 Å². The number of nitrogens with zero attached hydrogens (tertiary/aromatic N) is 2. The van der Waals surface area contributed by atoms with E-state index >= 15 is 0 Å². The highest BCUT2D eigenvalue weighted by atomic mass is 16.6. The van der Waals surface area contributed by atoms with Crippen LogP contribution in [-0.2, 0) is 4.84 Å². The van der Waals surface area contributed by atoms with E-state index in [1.807, 2.05) is 24.4 Å². The van der Waals surface area contributed by atoms with Crippen molar-refractivity contribution in [3.63, 3.8) is 0 Å². The van der Waals surface area contributed by atoms with Crippen molar-refractivity contribution >= 4 is 6.21 Å². The van der Waals surface area contributed by atoms with Crippen molar-refractivity contribution in [2.45, 2.75) is 32.9 Å². The molecular formula is C15H24N2O. The minimum absolute atomic E-state index is 0.0452. The van der Waals surface area contributed by atoms with Crippen LogP contribution in [0.1, 0.15) is 32.4 Å². The van der Waals surface area contributed by atoms with Crippen molar-refractivity contribution in [3.8, 4) is 0 Å². The molecular weight excluding hydrogens is 224 g/mol. The first-order valence-electron chi connectivity index (χ1n) is 6.43. The first-order chi connectivity index (χ1) is 8.52. The standard InChI is InChI=1S/C15H24N2O/c1-12(2)11-16-18-15(13(3)17(4)5)14-9-7-6-8-10-14/h6-13,15H,1-5H3/b16-11+/t13-,15-/m0/s1. The molecule has 0 aliphatic rings. The quantitative estimate of drug-likeness (QED) is 0.570. The zero-order valence-electron chi connectivity index (χ0n) is 12.0. The van der Waals surface area contributed by atoms with Gasteiger partial charge in [0.2, 0.25) is 0 Å². The average Bonchev–Trinajstić information content (AvgIpc) is 2.34. The van der Waals surface area contributed by atoms with Gasteiger partial charge in [-0.2, -0.15) is 0 Å². The van der Waals surface area contributed by atoms with Crippen molar-refractivity contribution < 1.29 is 4.84 Å². The van der Waals surface area contributed by atoms with E-state index in [4.69, 9.17) is 4.84 Å². The fourth-order valence-electron chi connectivity index (χ4n) is 1.56. The number of likely N-dealkylation sites (N-methyl/N-ethyl adjacent to an activating group) is 1. The van der Waals surface area contributed by atoms with Gasteiger partial charge < -0.3 is 9.74 Å². The van der Waals surface area contributed by atoms with Crippen LogP contribution in [0.5, 0.6) is 0 Å². The summed E-state index contributed by atoms with van der Waals surface area (Å²) in [6.45, 7) is 6.31. The fourth-order valence-corrected chi connectivity index (χ4v) is 1.56. The van der Waals surface area contributed by atoms with Crippen LogP contribution in [-0.4, -0.2) is 31.3 Å². The summed E-state index contributed by atoms with van der Waals surface area (Å²) >= 11 is 0. The van der Waals surface area contributed by atoms with Gasteiger partial charge in [-0.05, 0) is 32.5 Å². The molecule has 0 radical (unpaired) electrons. The second-order valence-electron chi connectivity index (χ2n) is 5.14. The van der Waals surface area contributed by atoms with E-state index in [0.29, 0.717) is 5.92 Å². The Morgan fingerprint density at radius 1 is 1.11 bits per heavy atom. The predicted octanol–water partition coefficient (Wildman–Crippen LogP) is 3.34. The van der Waals surface area contributed by atoms with Gasteiger partial charge >= 0.3 is 0 Å². The molecule has 1 aromatic carbocycles. The highest BCUT2D eigenvalue weighted by Crippen LogP contribution is 2.23. The molecule has 0 N–H and O–H groups in total. The van der Waals surface area contributed by atoms with E-state index in [9.17, 15) is 0 Å². The SMILES string of the molecule is CC(C)/C=N/O[C@H](c1ccccc1)[C@H](C)N(C)C. The lowest BCUT2D eigenvalue weighted by Crippen LogP contribution is -2.32. The maximum absolute atomic E-state index is 5.69. The molecule has 0 spiro atoms. The summed E-state index contributed by atoms with van der Waals surface area (Å²) < 4.78 is 0. The third-order valence-electron chi connectivity index (χ3n) is 2.91. The van der Waals surface area contributed by atoms with E-state index in [1.54, 1.807) is 0 Å². The Hall–Kier alpha value is -1.35. The van der Waals surface area contributed by atoms with Gasteiger partial charge in [0.05, 0.1) is 6.04 Å². The summed E-state index contributed by atoms with van der Waals surface area (Å²) in [4.78, 5) is 7.83. The molecule has 0 saturated heterocycles. The van der Waals surface area contributed by atoms with Crippen LogP contribution in [0.4, 0.5) is 0 Å². The van der Waals surface area contributed by atoms with Crippen LogP contribution >= 0.6 is 0 Å². The van der Waals surface area contributed by atoms with Gasteiger partial charge in [0.15, 0.2) is 6.10 Å². The Bertz CT molecular complexity index is 360. The third-order valence-corrected chi connectivity index (χ3v) is 2.91. The zero-order valence-corrected chi connectivity index (χ0v) is 12.0. The Labute approximate surface area is 110 Å². The number of hydrogen-bond acceptors (Lipinski definition) is 3. The largest absolute Gasteiger partial charge is 0.386 e. The van der Waals surface area contributed by atoms with Gasteiger partial charge in [-0.3, -0.25) is 0 Å². The van der Waals surface area contributed by atoms with Crippen molar-refractivity contribution in [3.05, 3.63) is 35.9 Å². The van der Waals surface area contributed by atoms with E-state index in [-0.39, 0.29) is 12.1 Å². The molecule has 100 valence electrons. The summed E-state index contributed by atoms with van der Waals surface area (Å²) in [7, 11) is 4.10. The monoisotopic (exact) mass is 248 g/mol. The zero-order chi connectivity index (χ0) is 13.5. The van der Waals surface area contributed by atoms with Crippen LogP contribution in [0.3, 0.4) is 0 Å². The Kier molecular flexibility index (Phi) is 5.86. The molecule has 0 aliphatic heterocycles. The number of oxime groups is 1. The van der Waals surface area contributed by atoms with Crippen molar-refractivity contribution in [2.75, 3.05) is 14.1 Å². The number of hydrogen-bond donors (Lipinski definition) is 0. The second-order valence-corrected chi connectivity index (χ2v) is 5.14. The van der Waals surface area contributed by atoms with E-state index in [0.717, 1.165) is 5.56 Å². The molecule has 1 aromatic rings. The summed E-state index contributed by atoms with van der Waals surface area (Å²) in [5, 5.41) is 4.10. The van der Waals surface area contributed by atoms with Gasteiger partial charge in [0.1, 0.15) is 0 Å². The molecule has 0 aromatic heterocycles. The lowest BCUT2D eigenvalue weighted by atomic mass is 10.0. The molecule has 0 amide bonds. The summed E-state index contributed by atoms with van der Waals surface area (Å²) in [5.41, 5.74) is 1.15. The van der Waals surface area contributed by atoms with Crippen molar-refractivity contribution in [2.24, 2.45) is 11.1 Å². The minimum atomic E-state index is -0.0452. The Morgan fingerprint density at radius 2 is 1.72 bits per heavy atom. The maximum atomic E-state index is 5.69. The summed E-state index contributed by atoms with van der Waals surface area (Å²) in [6.07, 6.45) is 1.79. The van der Waals surface area contributed by atoms with E-state index in [2.05, 4.69) is 57.1 Å². The predicted molar refractivity (Wildman–Crippen MR) is 76.7 cm³/mol. The molecule has 1 rings (SSSR count). The van der Waals surface area contributed by atoms with Crippen LogP contribution in [0.25, 0.3) is 0 Å². The maximum Gasteiger partial charge on any atom is 0.167 e. The molecule has 3 heteroatoms. The highest BCUT2D eigenvalue weighted by Gasteiger charge is 2.22. The molecule has 0 fully saturated rings. The van der Waals surface area contributed by atoms with Gasteiger partial charge in [0, 0.05) is 6.21 Å². The molecule has 18 heavy (non-hydrogen) atoms. The second kappa shape index (κ2) is 7.17. The normalized spacial score (nSPS) is 15.3. The molecule has 0 heterocycles. The van der Waals surface area contributed by atoms with Crippen molar-refractivity contribution in [1.29, 1.82) is 0 Å². The first kappa shape index (κ1) is 14.7. The molecule has 3 nitrogen and oxygen atoms in total. The highest BCUT2D eigenvalue weighted by molar-refractivity contribution is 5.58. The lowest BCUT2D eigenvalue weighted by molar-refractivity contribution is 0.00643. The topological polar surface area (TPSA) is 24.8 Å². The van der Waals surface area contributed by atoms with Crippen LogP contribution in [0, 0.1) is 5.92 Å². The number of rotatable bonds is 6. The molecule has 0 unspecified atom stereocenters. The van der Waals surface area contributed by atoms with E-state index < -0.39 is 0 Å². The summed E-state index contributed by atoms with van der Waals surface area (Å²) in [6, 6.07) is 10.5. The van der Waals surface area contributed by atoms with Gasteiger partial charge in [0.25, 0.3) is 0 Å². The average molecular weight is 248 g/mol. The molecule has 2 atom stereocenters. The fraction of sp³-hybridized carbons (Fsp3) is 0.533. The van der Waals surface area contributed by atoms with Crippen LogP contribution in [0.15, 0.2) is 35.5 Å². The summed E-state index contributed by atoms with van der Waals surface area (Å²) in [5.74, 6) is 0.399. The molecule has 0 aliphatic carbocycles. The first-order valence-corrected chi connectivity index (χ1v) is 6.43. The Morgan fingerprint density at radius 3 is 2.22 bits per heavy atom. The van der Waals surface area contributed by atoms with Gasteiger partial charge in [-0.25, -0.2) is 0 Å². The van der Waals surface area contributed by atoms with Gasteiger partial charge in [-0.15, -0.1) is 0 Å². The minimum Gasteiger partial charge on any atom is -0.386 e. The molecule has 0 bridgehead atoms. The Balaban J connectivity index is 2.82. The van der Waals surface area contributed by atoms with E-state index in [1.165, 1.54) is 0 Å². The van der Waals surface area contributed by atoms with Gasteiger partial charge in [-0.1, -0.05) is 49.3 Å². The number of benzene rings is 1. The molecule has 0 saturated carbocycles. The smallest absolute Gasteiger partial charge is 0.167 e. The lowest BCUT2D eigenvalue weighted by Gasteiger charge is -2.27.